The zero-order chi connectivity index (χ0) is 17.5. The number of rotatable bonds is 6. The van der Waals surface area contributed by atoms with E-state index in [1.165, 1.54) is 0 Å². The fraction of sp³-hybridized carbons (Fsp3) is 0.389. The van der Waals surface area contributed by atoms with Gasteiger partial charge >= 0.3 is 0 Å². The van der Waals surface area contributed by atoms with Crippen molar-refractivity contribution < 1.29 is 9.53 Å². The predicted octanol–water partition coefficient (Wildman–Crippen LogP) is 1.18. The maximum absolute atomic E-state index is 12.2. The van der Waals surface area contributed by atoms with Crippen LogP contribution in [0.15, 0.2) is 42.5 Å². The normalized spacial score (nSPS) is 16.2. The number of aromatic nitrogens is 2. The summed E-state index contributed by atoms with van der Waals surface area (Å²) in [5.41, 5.74) is 7.17. The topological polar surface area (TPSA) is 102 Å². The number of nitrogens with one attached hydrogen (secondary N) is 2. The van der Waals surface area contributed by atoms with Gasteiger partial charge in [-0.25, -0.2) is 0 Å². The number of amides is 1. The molecule has 1 amide bonds. The third-order valence-electron chi connectivity index (χ3n) is 4.29. The average Bonchev–Trinajstić information content (AvgIpc) is 2.67. The van der Waals surface area contributed by atoms with E-state index in [-0.39, 0.29) is 5.91 Å². The van der Waals surface area contributed by atoms with E-state index in [2.05, 4.69) is 20.8 Å². The molecule has 0 aliphatic carbocycles. The summed E-state index contributed by atoms with van der Waals surface area (Å²) in [4.78, 5) is 12.2. The van der Waals surface area contributed by atoms with Crippen molar-refractivity contribution in [3.63, 3.8) is 0 Å². The predicted molar refractivity (Wildman–Crippen MR) is 95.9 cm³/mol. The zero-order valence-corrected chi connectivity index (χ0v) is 14.1. The van der Waals surface area contributed by atoms with Crippen LogP contribution in [-0.2, 0) is 9.53 Å². The van der Waals surface area contributed by atoms with Crippen LogP contribution in [0.5, 0.6) is 0 Å². The van der Waals surface area contributed by atoms with Gasteiger partial charge in [0.05, 0.1) is 11.2 Å². The Balaban J connectivity index is 1.44. The molecule has 2 aromatic rings. The van der Waals surface area contributed by atoms with Crippen LogP contribution in [0.3, 0.4) is 0 Å². The molecule has 0 spiro atoms. The van der Waals surface area contributed by atoms with Crippen molar-refractivity contribution in [1.29, 1.82) is 0 Å². The second-order valence-electron chi connectivity index (χ2n) is 6.12. The molecule has 1 aromatic heterocycles. The van der Waals surface area contributed by atoms with Crippen molar-refractivity contribution in [2.45, 2.75) is 18.4 Å². The Bertz CT molecular complexity index is 684. The number of benzene rings is 1. The van der Waals surface area contributed by atoms with Crippen LogP contribution < -0.4 is 16.4 Å². The molecular weight excluding hydrogens is 318 g/mol. The Hall–Kier alpha value is -2.51. The molecule has 1 aliphatic heterocycles. The number of anilines is 1. The molecule has 1 aromatic carbocycles. The molecule has 0 bridgehead atoms. The van der Waals surface area contributed by atoms with Gasteiger partial charge in [0.1, 0.15) is 5.82 Å². The van der Waals surface area contributed by atoms with E-state index in [9.17, 15) is 4.79 Å². The van der Waals surface area contributed by atoms with Crippen molar-refractivity contribution in [2.75, 3.05) is 31.6 Å². The fourth-order valence-corrected chi connectivity index (χ4v) is 2.69. The van der Waals surface area contributed by atoms with Gasteiger partial charge in [0.15, 0.2) is 0 Å². The number of nitrogens with zero attached hydrogens (tertiary/aromatic N) is 2. The van der Waals surface area contributed by atoms with Crippen LogP contribution in [0.1, 0.15) is 12.8 Å². The van der Waals surface area contributed by atoms with E-state index < -0.39 is 5.54 Å². The molecule has 2 heterocycles. The molecule has 132 valence electrons. The number of hydrogen-bond donors (Lipinski definition) is 3. The first-order valence-electron chi connectivity index (χ1n) is 8.45. The Morgan fingerprint density at radius 2 is 1.84 bits per heavy atom. The van der Waals surface area contributed by atoms with Crippen molar-refractivity contribution >= 4 is 11.7 Å². The molecule has 1 fully saturated rings. The number of carbonyl (C=O) groups is 1. The van der Waals surface area contributed by atoms with Crippen LogP contribution in [0, 0.1) is 0 Å². The summed E-state index contributed by atoms with van der Waals surface area (Å²) in [6, 6.07) is 13.7. The number of ether oxygens (including phenoxy) is 1. The van der Waals surface area contributed by atoms with Gasteiger partial charge in [-0.05, 0) is 25.0 Å². The van der Waals surface area contributed by atoms with Crippen LogP contribution in [-0.4, -0.2) is 47.9 Å². The van der Waals surface area contributed by atoms with Gasteiger partial charge < -0.3 is 21.1 Å². The molecule has 3 rings (SSSR count). The van der Waals surface area contributed by atoms with Crippen LogP contribution in [0.2, 0.25) is 0 Å². The molecule has 0 saturated carbocycles. The highest BCUT2D eigenvalue weighted by molar-refractivity contribution is 5.86. The molecule has 0 atom stereocenters. The summed E-state index contributed by atoms with van der Waals surface area (Å²) >= 11 is 0. The van der Waals surface area contributed by atoms with Gasteiger partial charge in [-0.1, -0.05) is 30.3 Å². The lowest BCUT2D eigenvalue weighted by molar-refractivity contribution is -0.129. The number of hydrogen-bond acceptors (Lipinski definition) is 6. The summed E-state index contributed by atoms with van der Waals surface area (Å²) < 4.78 is 5.25. The van der Waals surface area contributed by atoms with Gasteiger partial charge in [0, 0.05) is 31.9 Å². The third-order valence-corrected chi connectivity index (χ3v) is 4.29. The van der Waals surface area contributed by atoms with E-state index in [0.717, 1.165) is 11.3 Å². The van der Waals surface area contributed by atoms with E-state index >= 15 is 0 Å². The summed E-state index contributed by atoms with van der Waals surface area (Å²) in [5.74, 6) is 0.547. The fourth-order valence-electron chi connectivity index (χ4n) is 2.69. The van der Waals surface area contributed by atoms with Crippen LogP contribution >= 0.6 is 0 Å². The van der Waals surface area contributed by atoms with Gasteiger partial charge in [-0.15, -0.1) is 10.2 Å². The van der Waals surface area contributed by atoms with Gasteiger partial charge in [-0.3, -0.25) is 4.79 Å². The molecule has 25 heavy (non-hydrogen) atoms. The summed E-state index contributed by atoms with van der Waals surface area (Å²) in [7, 11) is 0. The molecule has 4 N–H and O–H groups in total. The minimum absolute atomic E-state index is 0.122. The largest absolute Gasteiger partial charge is 0.381 e. The molecule has 0 unspecified atom stereocenters. The van der Waals surface area contributed by atoms with Crippen molar-refractivity contribution in [3.05, 3.63) is 42.5 Å². The zero-order valence-electron chi connectivity index (χ0n) is 14.1. The first kappa shape index (κ1) is 17.3. The lowest BCUT2D eigenvalue weighted by atomic mass is 9.90. The Morgan fingerprint density at radius 1 is 1.08 bits per heavy atom. The quantitative estimate of drug-likeness (QED) is 0.682. The number of nitrogens with two attached hydrogens (primary N) is 1. The highest BCUT2D eigenvalue weighted by Crippen LogP contribution is 2.18. The first-order chi connectivity index (χ1) is 12.2. The molecule has 1 aliphatic rings. The Labute approximate surface area is 147 Å². The van der Waals surface area contributed by atoms with Gasteiger partial charge in [0.25, 0.3) is 0 Å². The standard InChI is InChI=1S/C18H23N5O2/c19-18(8-12-25-13-9-18)17(24)21-11-10-20-16-7-6-15(22-23-16)14-4-2-1-3-5-14/h1-7H,8-13,19H2,(H,20,23)(H,21,24). The molecular formula is C18H23N5O2. The summed E-state index contributed by atoms with van der Waals surface area (Å²) in [6.07, 6.45) is 1.11. The van der Waals surface area contributed by atoms with E-state index in [1.807, 2.05) is 42.5 Å². The summed E-state index contributed by atoms with van der Waals surface area (Å²) in [5, 5.41) is 14.4. The third kappa shape index (κ3) is 4.52. The van der Waals surface area contributed by atoms with Crippen molar-refractivity contribution in [3.8, 4) is 11.3 Å². The SMILES string of the molecule is NC1(C(=O)NCCNc2ccc(-c3ccccc3)nn2)CCOCC1. The monoisotopic (exact) mass is 341 g/mol. The van der Waals surface area contributed by atoms with Crippen LogP contribution in [0.4, 0.5) is 5.82 Å². The minimum Gasteiger partial charge on any atom is -0.381 e. The molecule has 7 nitrogen and oxygen atoms in total. The highest BCUT2D eigenvalue weighted by Gasteiger charge is 2.35. The smallest absolute Gasteiger partial charge is 0.240 e. The highest BCUT2D eigenvalue weighted by atomic mass is 16.5. The lowest BCUT2D eigenvalue weighted by Crippen LogP contribution is -2.57. The van der Waals surface area contributed by atoms with Crippen LogP contribution in [0.25, 0.3) is 11.3 Å². The molecule has 0 radical (unpaired) electrons. The van der Waals surface area contributed by atoms with Crippen molar-refractivity contribution in [1.82, 2.24) is 15.5 Å². The second-order valence-corrected chi connectivity index (χ2v) is 6.12. The maximum atomic E-state index is 12.2. The maximum Gasteiger partial charge on any atom is 0.240 e. The second kappa shape index (κ2) is 8.04. The van der Waals surface area contributed by atoms with E-state index in [1.54, 1.807) is 0 Å². The lowest BCUT2D eigenvalue weighted by Gasteiger charge is -2.31. The van der Waals surface area contributed by atoms with E-state index in [0.29, 0.717) is 45.0 Å². The summed E-state index contributed by atoms with van der Waals surface area (Å²) in [6.45, 7) is 2.09. The number of carbonyl (C=O) groups excluding carboxylic acids is 1. The molecule has 1 saturated heterocycles. The van der Waals surface area contributed by atoms with E-state index in [4.69, 9.17) is 10.5 Å². The van der Waals surface area contributed by atoms with Gasteiger partial charge in [0.2, 0.25) is 5.91 Å². The minimum atomic E-state index is -0.810. The van der Waals surface area contributed by atoms with Gasteiger partial charge in [-0.2, -0.15) is 0 Å². The average molecular weight is 341 g/mol. The molecule has 7 heteroatoms. The Morgan fingerprint density at radius 3 is 2.52 bits per heavy atom. The first-order valence-corrected chi connectivity index (χ1v) is 8.45. The Kier molecular flexibility index (Phi) is 5.57. The van der Waals surface area contributed by atoms with Crippen molar-refractivity contribution in [2.24, 2.45) is 5.73 Å².